The van der Waals surface area contributed by atoms with E-state index in [-0.39, 0.29) is 76.9 Å². The summed E-state index contributed by atoms with van der Waals surface area (Å²) in [4.78, 5) is 35.0. The molecule has 7 heteroatoms. The molecule has 2 N–H and O–H groups in total. The number of carbonyl (C=O) groups excluding carboxylic acids is 2. The molecule has 0 saturated heterocycles. The third-order valence-electron chi connectivity index (χ3n) is 10.9. The van der Waals surface area contributed by atoms with Crippen LogP contribution in [0.15, 0.2) is 0 Å². The summed E-state index contributed by atoms with van der Waals surface area (Å²) in [5.41, 5.74) is -0.303. The molecule has 9 unspecified atom stereocenters. The van der Waals surface area contributed by atoms with Gasteiger partial charge in [0, 0.05) is 26.2 Å². The Bertz CT molecular complexity index is 841. The monoisotopic (exact) mass is 492 g/mol. The van der Waals surface area contributed by atoms with Gasteiger partial charge in [0.1, 0.15) is 12.2 Å². The van der Waals surface area contributed by atoms with E-state index in [2.05, 4.69) is 20.8 Å². The fourth-order valence-corrected chi connectivity index (χ4v) is 9.32. The van der Waals surface area contributed by atoms with Crippen molar-refractivity contribution < 1.29 is 34.1 Å². The Hall–Kier alpha value is -1.63. The molecule has 198 valence electrons. The van der Waals surface area contributed by atoms with E-state index in [9.17, 15) is 24.6 Å². The van der Waals surface area contributed by atoms with Crippen LogP contribution in [-0.2, 0) is 23.9 Å². The summed E-state index contributed by atoms with van der Waals surface area (Å²) in [6.07, 6.45) is 5.99. The Balaban J connectivity index is 1.64. The van der Waals surface area contributed by atoms with E-state index < -0.39 is 12.1 Å². The highest BCUT2D eigenvalue weighted by Crippen LogP contribution is 2.68. The van der Waals surface area contributed by atoms with Crippen LogP contribution >= 0.6 is 0 Å². The van der Waals surface area contributed by atoms with Crippen LogP contribution in [0.4, 0.5) is 0 Å². The van der Waals surface area contributed by atoms with Crippen molar-refractivity contribution in [1.82, 2.24) is 0 Å². The lowest BCUT2D eigenvalue weighted by Crippen LogP contribution is -2.63. The second-order valence-corrected chi connectivity index (χ2v) is 12.6. The van der Waals surface area contributed by atoms with Gasteiger partial charge in [0.05, 0.1) is 6.10 Å². The first kappa shape index (κ1) is 26.4. The number of hydrogen-bond donors (Lipinski definition) is 2. The summed E-state index contributed by atoms with van der Waals surface area (Å²) in [7, 11) is 0. The fourth-order valence-electron chi connectivity index (χ4n) is 9.32. The third kappa shape index (κ3) is 4.62. The molecule has 0 radical (unpaired) electrons. The maximum atomic E-state index is 12.2. The van der Waals surface area contributed by atoms with E-state index in [0.29, 0.717) is 12.8 Å². The predicted molar refractivity (Wildman–Crippen MR) is 129 cm³/mol. The maximum absolute atomic E-state index is 12.2. The molecule has 0 bridgehead atoms. The highest BCUT2D eigenvalue weighted by Gasteiger charge is 2.66. The minimum atomic E-state index is -0.772. The van der Waals surface area contributed by atoms with Crippen LogP contribution in [-0.4, -0.2) is 46.4 Å². The second-order valence-electron chi connectivity index (χ2n) is 12.6. The normalized spacial score (nSPS) is 45.4. The highest BCUT2D eigenvalue weighted by molar-refractivity contribution is 5.67. The van der Waals surface area contributed by atoms with Gasteiger partial charge < -0.3 is 19.7 Å². The second kappa shape index (κ2) is 9.68. The number of aliphatic carboxylic acids is 1. The number of ether oxygens (including phenoxy) is 2. The van der Waals surface area contributed by atoms with Crippen LogP contribution < -0.4 is 0 Å². The van der Waals surface area contributed by atoms with Gasteiger partial charge in [-0.15, -0.1) is 0 Å². The first-order chi connectivity index (χ1) is 16.4. The molecule has 4 fully saturated rings. The van der Waals surface area contributed by atoms with E-state index in [0.717, 1.165) is 38.5 Å². The van der Waals surface area contributed by atoms with E-state index in [1.807, 2.05) is 0 Å². The third-order valence-corrected chi connectivity index (χ3v) is 10.9. The van der Waals surface area contributed by atoms with Crippen molar-refractivity contribution in [2.45, 2.75) is 111 Å². The summed E-state index contributed by atoms with van der Waals surface area (Å²) in [6, 6.07) is 0. The van der Waals surface area contributed by atoms with Gasteiger partial charge in [0.15, 0.2) is 0 Å². The Morgan fingerprint density at radius 1 is 0.971 bits per heavy atom. The number of esters is 2. The number of rotatable bonds is 6. The SMILES string of the molecule is CC(=O)O[C@@H]1CCC2(C)C(C1)C[C@@H](OC(C)=O)C1C2CC(O)C2(C)C(C(C)CCC(=O)O)CCC12. The summed E-state index contributed by atoms with van der Waals surface area (Å²) in [6.45, 7) is 9.63. The fraction of sp³-hybridized carbons (Fsp3) is 0.893. The number of aliphatic hydroxyl groups excluding tert-OH is 1. The molecule has 4 aliphatic rings. The molecular weight excluding hydrogens is 448 g/mol. The molecule has 0 heterocycles. The maximum Gasteiger partial charge on any atom is 0.303 e. The van der Waals surface area contributed by atoms with Crippen LogP contribution in [0.1, 0.15) is 92.4 Å². The van der Waals surface area contributed by atoms with Gasteiger partial charge in [0.2, 0.25) is 0 Å². The van der Waals surface area contributed by atoms with Crippen molar-refractivity contribution in [3.8, 4) is 0 Å². The number of hydrogen-bond acceptors (Lipinski definition) is 6. The Morgan fingerprint density at radius 2 is 1.66 bits per heavy atom. The molecule has 4 saturated carbocycles. The molecule has 0 aliphatic heterocycles. The van der Waals surface area contributed by atoms with Crippen molar-refractivity contribution >= 4 is 17.9 Å². The smallest absolute Gasteiger partial charge is 0.303 e. The number of fused-ring (bicyclic) bond motifs is 5. The summed E-state index contributed by atoms with van der Waals surface area (Å²) in [5.74, 6) is 0.128. The van der Waals surface area contributed by atoms with Crippen LogP contribution in [0, 0.1) is 46.3 Å². The Morgan fingerprint density at radius 3 is 2.29 bits per heavy atom. The van der Waals surface area contributed by atoms with Gasteiger partial charge in [-0.1, -0.05) is 20.8 Å². The minimum absolute atomic E-state index is 0.00723. The topological polar surface area (TPSA) is 110 Å². The van der Waals surface area contributed by atoms with Gasteiger partial charge >= 0.3 is 17.9 Å². The summed E-state index contributed by atoms with van der Waals surface area (Å²) in [5, 5.41) is 20.9. The number of aliphatic hydroxyl groups is 1. The molecule has 11 atom stereocenters. The van der Waals surface area contributed by atoms with Gasteiger partial charge in [-0.2, -0.15) is 0 Å². The first-order valence-corrected chi connectivity index (χ1v) is 13.6. The Kier molecular flexibility index (Phi) is 7.31. The van der Waals surface area contributed by atoms with Crippen molar-refractivity contribution in [2.75, 3.05) is 0 Å². The van der Waals surface area contributed by atoms with Gasteiger partial charge in [-0.05, 0) is 91.8 Å². The summed E-state index contributed by atoms with van der Waals surface area (Å²) < 4.78 is 11.6. The van der Waals surface area contributed by atoms with E-state index in [4.69, 9.17) is 9.47 Å². The molecule has 4 aliphatic carbocycles. The molecule has 7 nitrogen and oxygen atoms in total. The van der Waals surface area contributed by atoms with Crippen LogP contribution in [0.3, 0.4) is 0 Å². The molecule has 0 aromatic rings. The van der Waals surface area contributed by atoms with Crippen molar-refractivity contribution in [1.29, 1.82) is 0 Å². The van der Waals surface area contributed by atoms with Crippen LogP contribution in [0.25, 0.3) is 0 Å². The highest BCUT2D eigenvalue weighted by atomic mass is 16.5. The quantitative estimate of drug-likeness (QED) is 0.522. The number of carboxylic acids is 1. The largest absolute Gasteiger partial charge is 0.481 e. The lowest BCUT2D eigenvalue weighted by Gasteiger charge is -2.64. The van der Waals surface area contributed by atoms with Crippen LogP contribution in [0.2, 0.25) is 0 Å². The average molecular weight is 493 g/mol. The van der Waals surface area contributed by atoms with Crippen molar-refractivity contribution in [2.24, 2.45) is 46.3 Å². The zero-order chi connectivity index (χ0) is 25.7. The Labute approximate surface area is 209 Å². The lowest BCUT2D eigenvalue weighted by molar-refractivity contribution is -0.218. The van der Waals surface area contributed by atoms with Crippen LogP contribution in [0.5, 0.6) is 0 Å². The number of carboxylic acid groups (broad SMARTS) is 1. The van der Waals surface area contributed by atoms with E-state index in [1.54, 1.807) is 0 Å². The van der Waals surface area contributed by atoms with Gasteiger partial charge in [-0.3, -0.25) is 14.4 Å². The minimum Gasteiger partial charge on any atom is -0.481 e. The predicted octanol–water partition coefficient (Wildman–Crippen LogP) is 4.59. The van der Waals surface area contributed by atoms with Gasteiger partial charge in [-0.25, -0.2) is 0 Å². The molecule has 4 rings (SSSR count). The number of carbonyl (C=O) groups is 3. The molecule has 35 heavy (non-hydrogen) atoms. The average Bonchev–Trinajstić information content (AvgIpc) is 3.11. The standard InChI is InChI=1S/C28H44O7/c1-15(6-9-25(32)33)20-7-8-21-26-22(14-24(31)28(20,21)5)27(4)11-10-19(34-16(2)29)12-18(27)13-23(26)35-17(3)30/h15,18-24,26,31H,6-14H2,1-5H3,(H,32,33)/t15?,18?,19-,20?,21?,22?,23-,24?,26?,27?,28?/m1/s1. The van der Waals surface area contributed by atoms with Crippen molar-refractivity contribution in [3.63, 3.8) is 0 Å². The lowest BCUT2D eigenvalue weighted by atomic mass is 9.43. The van der Waals surface area contributed by atoms with E-state index >= 15 is 0 Å². The van der Waals surface area contributed by atoms with Crippen molar-refractivity contribution in [3.05, 3.63) is 0 Å². The molecule has 0 spiro atoms. The first-order valence-electron chi connectivity index (χ1n) is 13.6. The molecular formula is C28H44O7. The zero-order valence-electron chi connectivity index (χ0n) is 22.0. The van der Waals surface area contributed by atoms with Gasteiger partial charge in [0.25, 0.3) is 0 Å². The molecule has 0 amide bonds. The molecule has 0 aromatic carbocycles. The summed E-state index contributed by atoms with van der Waals surface area (Å²) >= 11 is 0. The molecule has 0 aromatic heterocycles. The van der Waals surface area contributed by atoms with E-state index in [1.165, 1.54) is 13.8 Å². The zero-order valence-corrected chi connectivity index (χ0v) is 22.0.